The molecule has 2 N–H and O–H groups in total. The summed E-state index contributed by atoms with van der Waals surface area (Å²) in [4.78, 5) is 11.3. The molecule has 0 spiro atoms. The molecular weight excluding hydrogens is 230 g/mol. The molecule has 0 bridgehead atoms. The summed E-state index contributed by atoms with van der Waals surface area (Å²) >= 11 is 0. The SMILES string of the molecule is CC(C)(C)OC(=O)CO[C@H]1CCC[C@@H]1N.Cl. The Bertz CT molecular complexity index is 228. The molecule has 1 aliphatic rings. The number of halogens is 1. The van der Waals surface area contributed by atoms with Crippen LogP contribution in [-0.4, -0.2) is 30.3 Å². The van der Waals surface area contributed by atoms with E-state index in [0.717, 1.165) is 19.3 Å². The van der Waals surface area contributed by atoms with E-state index in [1.807, 2.05) is 20.8 Å². The van der Waals surface area contributed by atoms with Gasteiger partial charge in [0.1, 0.15) is 12.2 Å². The van der Waals surface area contributed by atoms with Crippen molar-refractivity contribution in [1.82, 2.24) is 0 Å². The first-order valence-corrected chi connectivity index (χ1v) is 5.47. The Morgan fingerprint density at radius 2 is 2.00 bits per heavy atom. The quantitative estimate of drug-likeness (QED) is 0.775. The van der Waals surface area contributed by atoms with E-state index >= 15 is 0 Å². The molecule has 0 heterocycles. The molecule has 16 heavy (non-hydrogen) atoms. The zero-order valence-corrected chi connectivity index (χ0v) is 11.0. The third-order valence-corrected chi connectivity index (χ3v) is 2.34. The number of rotatable bonds is 3. The van der Waals surface area contributed by atoms with Gasteiger partial charge in [-0.05, 0) is 40.0 Å². The van der Waals surface area contributed by atoms with E-state index < -0.39 is 5.60 Å². The minimum absolute atomic E-state index is 0. The largest absolute Gasteiger partial charge is 0.458 e. The summed E-state index contributed by atoms with van der Waals surface area (Å²) in [7, 11) is 0. The highest BCUT2D eigenvalue weighted by atomic mass is 35.5. The highest BCUT2D eigenvalue weighted by Crippen LogP contribution is 2.20. The normalized spacial score (nSPS) is 25.0. The number of carbonyl (C=O) groups is 1. The van der Waals surface area contributed by atoms with Crippen molar-refractivity contribution in [3.63, 3.8) is 0 Å². The van der Waals surface area contributed by atoms with Crippen LogP contribution in [-0.2, 0) is 14.3 Å². The zero-order chi connectivity index (χ0) is 11.5. The molecule has 2 atom stereocenters. The minimum Gasteiger partial charge on any atom is -0.458 e. The van der Waals surface area contributed by atoms with Gasteiger partial charge in [0, 0.05) is 6.04 Å². The number of hydrogen-bond donors (Lipinski definition) is 1. The lowest BCUT2D eigenvalue weighted by Crippen LogP contribution is -2.34. The Morgan fingerprint density at radius 1 is 1.38 bits per heavy atom. The number of ether oxygens (including phenoxy) is 2. The second-order valence-electron chi connectivity index (χ2n) is 5.03. The second-order valence-corrected chi connectivity index (χ2v) is 5.03. The van der Waals surface area contributed by atoms with Crippen molar-refractivity contribution in [3.05, 3.63) is 0 Å². The van der Waals surface area contributed by atoms with E-state index in [0.29, 0.717) is 0 Å². The predicted molar refractivity (Wildman–Crippen MR) is 64.7 cm³/mol. The van der Waals surface area contributed by atoms with Crippen LogP contribution in [0.3, 0.4) is 0 Å². The molecule has 1 rings (SSSR count). The van der Waals surface area contributed by atoms with Crippen LogP contribution in [0.25, 0.3) is 0 Å². The molecule has 96 valence electrons. The van der Waals surface area contributed by atoms with Gasteiger partial charge < -0.3 is 15.2 Å². The maximum atomic E-state index is 11.3. The van der Waals surface area contributed by atoms with Crippen LogP contribution in [0.1, 0.15) is 40.0 Å². The van der Waals surface area contributed by atoms with Gasteiger partial charge in [-0.2, -0.15) is 0 Å². The summed E-state index contributed by atoms with van der Waals surface area (Å²) in [5.41, 5.74) is 5.37. The molecule has 0 aromatic rings. The Labute approximate surface area is 103 Å². The maximum absolute atomic E-state index is 11.3. The number of hydrogen-bond acceptors (Lipinski definition) is 4. The first kappa shape index (κ1) is 15.7. The smallest absolute Gasteiger partial charge is 0.332 e. The first-order chi connectivity index (χ1) is 6.88. The molecule has 1 fully saturated rings. The predicted octanol–water partition coefficient (Wildman–Crippen LogP) is 1.65. The zero-order valence-electron chi connectivity index (χ0n) is 10.2. The van der Waals surface area contributed by atoms with Crippen molar-refractivity contribution in [2.75, 3.05) is 6.61 Å². The number of carbonyl (C=O) groups excluding carboxylic acids is 1. The van der Waals surface area contributed by atoms with Gasteiger partial charge in [-0.1, -0.05) is 0 Å². The fourth-order valence-corrected chi connectivity index (χ4v) is 1.71. The third-order valence-electron chi connectivity index (χ3n) is 2.34. The lowest BCUT2D eigenvalue weighted by Gasteiger charge is -2.21. The van der Waals surface area contributed by atoms with Crippen LogP contribution >= 0.6 is 12.4 Å². The molecule has 0 saturated heterocycles. The van der Waals surface area contributed by atoms with E-state index in [9.17, 15) is 4.79 Å². The Morgan fingerprint density at radius 3 is 2.44 bits per heavy atom. The van der Waals surface area contributed by atoms with Crippen molar-refractivity contribution in [2.24, 2.45) is 5.73 Å². The Kier molecular flexibility index (Phi) is 6.30. The van der Waals surface area contributed by atoms with Crippen molar-refractivity contribution < 1.29 is 14.3 Å². The van der Waals surface area contributed by atoms with Gasteiger partial charge >= 0.3 is 5.97 Å². The van der Waals surface area contributed by atoms with Crippen LogP contribution in [0.2, 0.25) is 0 Å². The average molecular weight is 252 g/mol. The van der Waals surface area contributed by atoms with Gasteiger partial charge in [-0.15, -0.1) is 12.4 Å². The number of nitrogens with two attached hydrogens (primary N) is 1. The summed E-state index contributed by atoms with van der Waals surface area (Å²) in [5.74, 6) is -0.318. The van der Waals surface area contributed by atoms with E-state index in [-0.39, 0.29) is 37.1 Å². The van der Waals surface area contributed by atoms with Crippen LogP contribution < -0.4 is 5.73 Å². The monoisotopic (exact) mass is 251 g/mol. The summed E-state index contributed by atoms with van der Waals surface area (Å²) in [6.45, 7) is 5.53. The lowest BCUT2D eigenvalue weighted by atomic mass is 10.2. The van der Waals surface area contributed by atoms with Crippen molar-refractivity contribution in [1.29, 1.82) is 0 Å². The van der Waals surface area contributed by atoms with E-state index in [2.05, 4.69) is 0 Å². The van der Waals surface area contributed by atoms with E-state index in [1.54, 1.807) is 0 Å². The van der Waals surface area contributed by atoms with Gasteiger partial charge in [0.15, 0.2) is 0 Å². The second kappa shape index (κ2) is 6.42. The van der Waals surface area contributed by atoms with Gasteiger partial charge in [-0.25, -0.2) is 4.79 Å². The van der Waals surface area contributed by atoms with E-state index in [4.69, 9.17) is 15.2 Å². The third kappa shape index (κ3) is 5.68. The standard InChI is InChI=1S/C11H21NO3.ClH/c1-11(2,3)15-10(13)7-14-9-6-4-5-8(9)12;/h8-9H,4-7,12H2,1-3H3;1H/t8-,9-;/m0./s1. The summed E-state index contributed by atoms with van der Waals surface area (Å²) in [6, 6.07) is 0.0763. The van der Waals surface area contributed by atoms with Gasteiger partial charge in [0.25, 0.3) is 0 Å². The summed E-state index contributed by atoms with van der Waals surface area (Å²) < 4.78 is 10.6. The van der Waals surface area contributed by atoms with Crippen LogP contribution in [0.5, 0.6) is 0 Å². The fraction of sp³-hybridized carbons (Fsp3) is 0.909. The average Bonchev–Trinajstić information content (AvgIpc) is 2.44. The van der Waals surface area contributed by atoms with Gasteiger partial charge in [0.2, 0.25) is 0 Å². The summed E-state index contributed by atoms with van der Waals surface area (Å²) in [6.07, 6.45) is 3.04. The van der Waals surface area contributed by atoms with Crippen LogP contribution in [0, 0.1) is 0 Å². The topological polar surface area (TPSA) is 61.5 Å². The molecule has 4 nitrogen and oxygen atoms in total. The summed E-state index contributed by atoms with van der Waals surface area (Å²) in [5, 5.41) is 0. The van der Waals surface area contributed by atoms with E-state index in [1.165, 1.54) is 0 Å². The first-order valence-electron chi connectivity index (χ1n) is 5.47. The molecule has 5 heteroatoms. The molecule has 0 aromatic carbocycles. The fourth-order valence-electron chi connectivity index (χ4n) is 1.71. The molecule has 0 amide bonds. The van der Waals surface area contributed by atoms with Crippen molar-refractivity contribution in [2.45, 2.75) is 57.8 Å². The Hall–Kier alpha value is -0.320. The Balaban J connectivity index is 0.00000225. The number of esters is 1. The lowest BCUT2D eigenvalue weighted by molar-refractivity contribution is -0.162. The van der Waals surface area contributed by atoms with Crippen LogP contribution in [0.4, 0.5) is 0 Å². The van der Waals surface area contributed by atoms with Crippen molar-refractivity contribution in [3.8, 4) is 0 Å². The molecule has 0 aliphatic heterocycles. The van der Waals surface area contributed by atoms with Gasteiger partial charge in [-0.3, -0.25) is 0 Å². The van der Waals surface area contributed by atoms with Gasteiger partial charge in [0.05, 0.1) is 6.10 Å². The highest BCUT2D eigenvalue weighted by molar-refractivity contribution is 5.85. The molecule has 0 aromatic heterocycles. The molecule has 0 unspecified atom stereocenters. The minimum atomic E-state index is -0.446. The molecule has 1 saturated carbocycles. The highest BCUT2D eigenvalue weighted by Gasteiger charge is 2.26. The molecule has 1 aliphatic carbocycles. The van der Waals surface area contributed by atoms with Crippen LogP contribution in [0.15, 0.2) is 0 Å². The molecular formula is C11H22ClNO3. The maximum Gasteiger partial charge on any atom is 0.332 e. The molecule has 0 radical (unpaired) electrons. The van der Waals surface area contributed by atoms with Crippen molar-refractivity contribution >= 4 is 18.4 Å².